The van der Waals surface area contributed by atoms with Crippen molar-refractivity contribution >= 4 is 27.3 Å². The van der Waals surface area contributed by atoms with Crippen molar-refractivity contribution in [3.8, 4) is 0 Å². The van der Waals surface area contributed by atoms with Crippen molar-refractivity contribution in [1.82, 2.24) is 4.98 Å². The molecule has 1 aliphatic heterocycles. The third-order valence-corrected chi connectivity index (χ3v) is 7.38. The van der Waals surface area contributed by atoms with E-state index in [0.717, 1.165) is 27.8 Å². The van der Waals surface area contributed by atoms with Gasteiger partial charge in [-0.2, -0.15) is 10.6 Å². The number of nitrogens with two attached hydrogens (primary N) is 2. The lowest BCUT2D eigenvalue weighted by Gasteiger charge is -2.32. The largest absolute Gasteiger partial charge is 0.351 e. The van der Waals surface area contributed by atoms with Gasteiger partial charge in [0.2, 0.25) is 0 Å². The Bertz CT molecular complexity index is 1050. The van der Waals surface area contributed by atoms with Gasteiger partial charge in [0, 0.05) is 30.1 Å². The molecule has 3 aromatic rings. The number of benzene rings is 2. The fourth-order valence-electron chi connectivity index (χ4n) is 3.79. The maximum Gasteiger partial charge on any atom is 0.129 e. The quantitative estimate of drug-likeness (QED) is 0.516. The van der Waals surface area contributed by atoms with E-state index in [9.17, 15) is 9.11 Å². The van der Waals surface area contributed by atoms with Gasteiger partial charge in [-0.25, -0.2) is 4.98 Å². The SMILES string of the molecule is CC(C)(N)C(N)c1cc(N2CCS(O)(O)c3ccccc3C2)nc2ccccc12. The van der Waals surface area contributed by atoms with E-state index in [4.69, 9.17) is 16.5 Å². The van der Waals surface area contributed by atoms with E-state index in [0.29, 0.717) is 18.0 Å². The number of fused-ring (bicyclic) bond motifs is 2. The molecule has 1 aromatic heterocycles. The van der Waals surface area contributed by atoms with E-state index >= 15 is 0 Å². The maximum absolute atomic E-state index is 10.6. The summed E-state index contributed by atoms with van der Waals surface area (Å²) in [5.74, 6) is 1.03. The van der Waals surface area contributed by atoms with Crippen molar-refractivity contribution < 1.29 is 9.11 Å². The Morgan fingerprint density at radius 3 is 2.55 bits per heavy atom. The van der Waals surface area contributed by atoms with Gasteiger partial charge in [0.15, 0.2) is 0 Å². The summed E-state index contributed by atoms with van der Waals surface area (Å²) in [5.41, 5.74) is 15.0. The average Bonchev–Trinajstić information content (AvgIpc) is 2.82. The van der Waals surface area contributed by atoms with Gasteiger partial charge in [-0.3, -0.25) is 9.11 Å². The van der Waals surface area contributed by atoms with Crippen LogP contribution in [0.4, 0.5) is 5.82 Å². The van der Waals surface area contributed by atoms with Gasteiger partial charge in [0.05, 0.1) is 16.2 Å². The highest BCUT2D eigenvalue weighted by atomic mass is 32.3. The van der Waals surface area contributed by atoms with Crippen LogP contribution in [0.3, 0.4) is 0 Å². The number of para-hydroxylation sites is 1. The topological polar surface area (TPSA) is 109 Å². The highest BCUT2D eigenvalue weighted by molar-refractivity contribution is 8.24. The monoisotopic (exact) mass is 412 g/mol. The molecule has 2 aromatic carbocycles. The summed E-state index contributed by atoms with van der Waals surface area (Å²) in [4.78, 5) is 7.58. The van der Waals surface area contributed by atoms with Gasteiger partial charge in [0.1, 0.15) is 5.82 Å². The Balaban J connectivity index is 1.83. The van der Waals surface area contributed by atoms with Crippen LogP contribution in [0, 0.1) is 0 Å². The van der Waals surface area contributed by atoms with Crippen LogP contribution >= 0.6 is 10.6 Å². The molecule has 29 heavy (non-hydrogen) atoms. The molecule has 1 unspecified atom stereocenters. The third-order valence-electron chi connectivity index (χ3n) is 5.53. The first-order chi connectivity index (χ1) is 13.7. The van der Waals surface area contributed by atoms with E-state index < -0.39 is 16.1 Å². The highest BCUT2D eigenvalue weighted by Crippen LogP contribution is 2.51. The van der Waals surface area contributed by atoms with Crippen LogP contribution in [0.15, 0.2) is 59.5 Å². The molecule has 1 aliphatic rings. The van der Waals surface area contributed by atoms with Crippen molar-refractivity contribution in [2.75, 3.05) is 17.2 Å². The summed E-state index contributed by atoms with van der Waals surface area (Å²) in [6.07, 6.45) is 0. The van der Waals surface area contributed by atoms with Crippen LogP contribution in [0.1, 0.15) is 31.0 Å². The summed E-state index contributed by atoms with van der Waals surface area (Å²) in [5, 5.41) is 0.988. The molecule has 0 aliphatic carbocycles. The normalized spacial score (nSPS) is 18.8. The molecule has 6 N–H and O–H groups in total. The molecule has 154 valence electrons. The number of hydrogen-bond acceptors (Lipinski definition) is 6. The Morgan fingerprint density at radius 1 is 1.10 bits per heavy atom. The highest BCUT2D eigenvalue weighted by Gasteiger charge is 2.29. The van der Waals surface area contributed by atoms with E-state index in [1.807, 2.05) is 62.4 Å². The van der Waals surface area contributed by atoms with Crippen molar-refractivity contribution in [2.24, 2.45) is 11.5 Å². The van der Waals surface area contributed by atoms with Crippen molar-refractivity contribution in [3.05, 3.63) is 65.7 Å². The zero-order valence-corrected chi connectivity index (χ0v) is 17.6. The lowest BCUT2D eigenvalue weighted by Crippen LogP contribution is -2.44. The van der Waals surface area contributed by atoms with Crippen LogP contribution in [-0.2, 0) is 6.54 Å². The standard InChI is InChI=1S/C22H28N4O2S/c1-22(2,24)21(23)17-13-20(25-18-9-5-4-8-16(17)18)26-11-12-29(27,28)19-10-6-3-7-15(19)14-26/h3-10,13,21,27-28H,11-12,14,23-24H2,1-2H3. The Labute approximate surface area is 172 Å². The minimum atomic E-state index is -2.83. The van der Waals surface area contributed by atoms with Crippen LogP contribution in [0.2, 0.25) is 0 Å². The van der Waals surface area contributed by atoms with E-state index in [2.05, 4.69) is 4.90 Å². The zero-order chi connectivity index (χ0) is 20.8. The van der Waals surface area contributed by atoms with E-state index in [-0.39, 0.29) is 11.8 Å². The summed E-state index contributed by atoms with van der Waals surface area (Å²) >= 11 is 0. The molecule has 0 spiro atoms. The second kappa shape index (κ2) is 7.27. The zero-order valence-electron chi connectivity index (χ0n) is 16.7. The molecule has 0 radical (unpaired) electrons. The molecule has 6 nitrogen and oxygen atoms in total. The third kappa shape index (κ3) is 3.84. The van der Waals surface area contributed by atoms with E-state index in [1.165, 1.54) is 0 Å². The van der Waals surface area contributed by atoms with Gasteiger partial charge < -0.3 is 16.4 Å². The van der Waals surface area contributed by atoms with Crippen LogP contribution in [0.5, 0.6) is 0 Å². The van der Waals surface area contributed by atoms with Gasteiger partial charge in [-0.1, -0.05) is 36.4 Å². The lowest BCUT2D eigenvalue weighted by molar-refractivity contribution is 0.422. The molecule has 2 heterocycles. The van der Waals surface area contributed by atoms with Crippen LogP contribution in [-0.4, -0.2) is 31.9 Å². The second-order valence-electron chi connectivity index (χ2n) is 8.29. The molecular weight excluding hydrogens is 384 g/mol. The predicted octanol–water partition coefficient (Wildman–Crippen LogP) is 4.10. The number of anilines is 1. The average molecular weight is 413 g/mol. The molecule has 0 saturated heterocycles. The van der Waals surface area contributed by atoms with Crippen molar-refractivity contribution in [3.63, 3.8) is 0 Å². The first kappa shape index (κ1) is 20.1. The van der Waals surface area contributed by atoms with Crippen molar-refractivity contribution in [1.29, 1.82) is 0 Å². The molecule has 1 atom stereocenters. The smallest absolute Gasteiger partial charge is 0.129 e. The van der Waals surface area contributed by atoms with Crippen LogP contribution in [0.25, 0.3) is 10.9 Å². The van der Waals surface area contributed by atoms with E-state index in [1.54, 1.807) is 6.07 Å². The predicted molar refractivity (Wildman–Crippen MR) is 120 cm³/mol. The lowest BCUT2D eigenvalue weighted by atomic mass is 9.88. The number of rotatable bonds is 3. The summed E-state index contributed by atoms with van der Waals surface area (Å²) in [7, 11) is -2.83. The first-order valence-corrected chi connectivity index (χ1v) is 11.4. The fraction of sp³-hybridized carbons (Fsp3) is 0.318. The maximum atomic E-state index is 10.6. The summed E-state index contributed by atoms with van der Waals surface area (Å²) < 4.78 is 21.3. The summed E-state index contributed by atoms with van der Waals surface area (Å²) in [6.45, 7) is 4.88. The van der Waals surface area contributed by atoms with Crippen molar-refractivity contribution in [2.45, 2.75) is 36.9 Å². The first-order valence-electron chi connectivity index (χ1n) is 9.70. The molecule has 7 heteroatoms. The number of nitrogens with zero attached hydrogens (tertiary/aromatic N) is 2. The number of aromatic nitrogens is 1. The minimum absolute atomic E-state index is 0.266. The number of hydrogen-bond donors (Lipinski definition) is 4. The second-order valence-corrected chi connectivity index (χ2v) is 10.5. The number of pyridine rings is 1. The van der Waals surface area contributed by atoms with Gasteiger partial charge in [-0.05, 0) is 43.2 Å². The Hall–Kier alpha value is -2.16. The van der Waals surface area contributed by atoms with Gasteiger partial charge >= 0.3 is 0 Å². The molecule has 0 saturated carbocycles. The molecule has 0 amide bonds. The molecular formula is C22H28N4O2S. The Morgan fingerprint density at radius 2 is 1.79 bits per heavy atom. The summed E-state index contributed by atoms with van der Waals surface area (Å²) in [6, 6.07) is 17.1. The minimum Gasteiger partial charge on any atom is -0.351 e. The fourth-order valence-corrected chi connectivity index (χ4v) is 5.33. The van der Waals surface area contributed by atoms with Gasteiger partial charge in [0.25, 0.3) is 0 Å². The Kier molecular flexibility index (Phi) is 5.04. The van der Waals surface area contributed by atoms with Gasteiger partial charge in [-0.15, -0.1) is 0 Å². The van der Waals surface area contributed by atoms with Crippen LogP contribution < -0.4 is 16.4 Å². The molecule has 4 rings (SSSR count). The molecule has 0 bridgehead atoms. The molecule has 0 fully saturated rings.